The van der Waals surface area contributed by atoms with E-state index >= 15 is 0 Å². The van der Waals surface area contributed by atoms with Crippen molar-refractivity contribution in [2.45, 2.75) is 51.7 Å². The predicted molar refractivity (Wildman–Crippen MR) is 78.0 cm³/mol. The molecule has 0 saturated carbocycles. The van der Waals surface area contributed by atoms with Gasteiger partial charge in [0.25, 0.3) is 0 Å². The molecule has 1 N–H and O–H groups in total. The average molecular weight is 263 g/mol. The van der Waals surface area contributed by atoms with Gasteiger partial charge in [-0.15, -0.1) is 0 Å². The van der Waals surface area contributed by atoms with Gasteiger partial charge >= 0.3 is 0 Å². The molecule has 19 heavy (non-hydrogen) atoms. The molecule has 0 saturated heterocycles. The van der Waals surface area contributed by atoms with Crippen LogP contribution in [0.4, 0.5) is 0 Å². The van der Waals surface area contributed by atoms with Crippen molar-refractivity contribution in [1.29, 1.82) is 0 Å². The minimum absolute atomic E-state index is 0.0663. The second-order valence-electron chi connectivity index (χ2n) is 5.52. The van der Waals surface area contributed by atoms with Crippen molar-refractivity contribution in [3.05, 3.63) is 23.8 Å². The second kappa shape index (κ2) is 5.83. The summed E-state index contributed by atoms with van der Waals surface area (Å²) in [6, 6.07) is 6.44. The molecule has 0 aliphatic carbocycles. The van der Waals surface area contributed by atoms with E-state index in [4.69, 9.17) is 9.47 Å². The van der Waals surface area contributed by atoms with E-state index < -0.39 is 0 Å². The van der Waals surface area contributed by atoms with Crippen LogP contribution in [0.3, 0.4) is 0 Å². The molecule has 3 nitrogen and oxygen atoms in total. The molecule has 1 aliphatic rings. The summed E-state index contributed by atoms with van der Waals surface area (Å²) in [4.78, 5) is 0. The predicted octanol–water partition coefficient (Wildman–Crippen LogP) is 3.69. The maximum atomic E-state index is 6.24. The molecule has 0 bridgehead atoms. The molecule has 2 rings (SSSR count). The first-order valence-corrected chi connectivity index (χ1v) is 7.22. The van der Waals surface area contributed by atoms with Gasteiger partial charge in [-0.3, -0.25) is 0 Å². The van der Waals surface area contributed by atoms with Crippen molar-refractivity contribution in [1.82, 2.24) is 5.32 Å². The van der Waals surface area contributed by atoms with Gasteiger partial charge in [-0.1, -0.05) is 20.3 Å². The van der Waals surface area contributed by atoms with Gasteiger partial charge in [-0.05, 0) is 38.1 Å². The highest BCUT2D eigenvalue weighted by Gasteiger charge is 2.36. The summed E-state index contributed by atoms with van der Waals surface area (Å²) in [7, 11) is 1.70. The lowest BCUT2D eigenvalue weighted by atomic mass is 9.85. The van der Waals surface area contributed by atoms with Crippen molar-refractivity contribution < 1.29 is 9.47 Å². The molecule has 0 radical (unpaired) electrons. The second-order valence-corrected chi connectivity index (χ2v) is 5.52. The Morgan fingerprint density at radius 1 is 1.42 bits per heavy atom. The number of fused-ring (bicyclic) bond motifs is 1. The fraction of sp³-hybridized carbons (Fsp3) is 0.625. The monoisotopic (exact) mass is 263 g/mol. The van der Waals surface area contributed by atoms with E-state index in [2.05, 4.69) is 32.2 Å². The van der Waals surface area contributed by atoms with Gasteiger partial charge in [0.15, 0.2) is 0 Å². The number of hydrogen-bond donors (Lipinski definition) is 1. The first kappa shape index (κ1) is 14.2. The van der Waals surface area contributed by atoms with Gasteiger partial charge in [-0.25, -0.2) is 0 Å². The van der Waals surface area contributed by atoms with Crippen molar-refractivity contribution in [3.8, 4) is 11.5 Å². The van der Waals surface area contributed by atoms with E-state index in [-0.39, 0.29) is 5.60 Å². The zero-order valence-corrected chi connectivity index (χ0v) is 12.5. The van der Waals surface area contributed by atoms with Crippen LogP contribution >= 0.6 is 0 Å². The first-order valence-electron chi connectivity index (χ1n) is 7.22. The highest BCUT2D eigenvalue weighted by Crippen LogP contribution is 2.42. The van der Waals surface area contributed by atoms with Gasteiger partial charge in [-0.2, -0.15) is 0 Å². The molecule has 0 amide bonds. The Bertz CT molecular complexity index is 433. The lowest BCUT2D eigenvalue weighted by molar-refractivity contribution is 0.0392. The quantitative estimate of drug-likeness (QED) is 0.879. The van der Waals surface area contributed by atoms with Gasteiger partial charge < -0.3 is 14.8 Å². The molecule has 106 valence electrons. The standard InChI is InChI=1S/C16H25NO2/c1-5-9-16(3)11-14(17-6-2)13-10-12(18-4)7-8-15(13)19-16/h7-8,10,14,17H,5-6,9,11H2,1-4H3. The third kappa shape index (κ3) is 3.03. The summed E-state index contributed by atoms with van der Waals surface area (Å²) in [5, 5.41) is 3.57. The van der Waals surface area contributed by atoms with Crippen molar-refractivity contribution in [2.24, 2.45) is 0 Å². The summed E-state index contributed by atoms with van der Waals surface area (Å²) in [5.74, 6) is 1.89. The maximum Gasteiger partial charge on any atom is 0.125 e. The number of methoxy groups -OCH3 is 1. The highest BCUT2D eigenvalue weighted by atomic mass is 16.5. The van der Waals surface area contributed by atoms with Gasteiger partial charge in [0.2, 0.25) is 0 Å². The fourth-order valence-corrected chi connectivity index (χ4v) is 2.98. The number of nitrogens with one attached hydrogen (secondary N) is 1. The summed E-state index contributed by atoms with van der Waals surface area (Å²) in [6.07, 6.45) is 3.23. The molecule has 2 atom stereocenters. The molecule has 1 aromatic rings. The van der Waals surface area contributed by atoms with Crippen LogP contribution in [0.15, 0.2) is 18.2 Å². The van der Waals surface area contributed by atoms with Crippen molar-refractivity contribution in [2.75, 3.05) is 13.7 Å². The van der Waals surface area contributed by atoms with E-state index in [0.717, 1.165) is 37.3 Å². The van der Waals surface area contributed by atoms with Crippen LogP contribution in [-0.4, -0.2) is 19.3 Å². The van der Waals surface area contributed by atoms with Crippen molar-refractivity contribution >= 4 is 0 Å². The molecule has 1 aliphatic heterocycles. The van der Waals surface area contributed by atoms with Gasteiger partial charge in [0, 0.05) is 18.0 Å². The number of benzene rings is 1. The van der Waals surface area contributed by atoms with E-state index in [1.54, 1.807) is 7.11 Å². The fourth-order valence-electron chi connectivity index (χ4n) is 2.98. The lowest BCUT2D eigenvalue weighted by Gasteiger charge is -2.40. The Morgan fingerprint density at radius 3 is 2.84 bits per heavy atom. The molecule has 0 aromatic heterocycles. The summed E-state index contributed by atoms with van der Waals surface area (Å²) < 4.78 is 11.6. The average Bonchev–Trinajstić information content (AvgIpc) is 2.38. The zero-order valence-electron chi connectivity index (χ0n) is 12.5. The maximum absolute atomic E-state index is 6.24. The molecule has 2 unspecified atom stereocenters. The Labute approximate surface area is 116 Å². The van der Waals surface area contributed by atoms with Crippen LogP contribution in [0.2, 0.25) is 0 Å². The van der Waals surface area contributed by atoms with E-state index in [0.29, 0.717) is 6.04 Å². The Balaban J connectivity index is 2.34. The van der Waals surface area contributed by atoms with Crippen LogP contribution in [0, 0.1) is 0 Å². The Morgan fingerprint density at radius 2 is 2.21 bits per heavy atom. The lowest BCUT2D eigenvalue weighted by Crippen LogP contribution is -2.41. The normalized spacial score (nSPS) is 25.6. The molecule has 1 heterocycles. The van der Waals surface area contributed by atoms with Crippen LogP contribution < -0.4 is 14.8 Å². The largest absolute Gasteiger partial charge is 0.497 e. The molecule has 0 spiro atoms. The van der Waals surface area contributed by atoms with Gasteiger partial charge in [0.1, 0.15) is 17.1 Å². The molecular weight excluding hydrogens is 238 g/mol. The number of hydrogen-bond acceptors (Lipinski definition) is 3. The third-order valence-electron chi connectivity index (χ3n) is 3.81. The SMILES string of the molecule is CCCC1(C)CC(NCC)c2cc(OC)ccc2O1. The highest BCUT2D eigenvalue weighted by molar-refractivity contribution is 5.44. The first-order chi connectivity index (χ1) is 9.11. The van der Waals surface area contributed by atoms with E-state index in [1.807, 2.05) is 12.1 Å². The topological polar surface area (TPSA) is 30.5 Å². The number of ether oxygens (including phenoxy) is 2. The summed E-state index contributed by atoms with van der Waals surface area (Å²) in [5.41, 5.74) is 1.15. The van der Waals surface area contributed by atoms with E-state index in [1.165, 1.54) is 5.56 Å². The van der Waals surface area contributed by atoms with Crippen LogP contribution in [0.25, 0.3) is 0 Å². The molecular formula is C16H25NO2. The van der Waals surface area contributed by atoms with Crippen LogP contribution in [0.1, 0.15) is 51.6 Å². The number of rotatable bonds is 5. The van der Waals surface area contributed by atoms with Crippen LogP contribution in [-0.2, 0) is 0 Å². The Kier molecular flexibility index (Phi) is 4.35. The third-order valence-corrected chi connectivity index (χ3v) is 3.81. The minimum atomic E-state index is -0.0663. The molecule has 0 fully saturated rings. The smallest absolute Gasteiger partial charge is 0.125 e. The summed E-state index contributed by atoms with van der Waals surface area (Å²) >= 11 is 0. The minimum Gasteiger partial charge on any atom is -0.497 e. The zero-order chi connectivity index (χ0) is 13.9. The summed E-state index contributed by atoms with van der Waals surface area (Å²) in [6.45, 7) is 7.53. The molecule has 3 heteroatoms. The van der Waals surface area contributed by atoms with Crippen LogP contribution in [0.5, 0.6) is 11.5 Å². The van der Waals surface area contributed by atoms with Gasteiger partial charge in [0.05, 0.1) is 7.11 Å². The molecule has 1 aromatic carbocycles. The van der Waals surface area contributed by atoms with Crippen molar-refractivity contribution in [3.63, 3.8) is 0 Å². The Hall–Kier alpha value is -1.22. The van der Waals surface area contributed by atoms with E-state index in [9.17, 15) is 0 Å².